The highest BCUT2D eigenvalue weighted by Gasteiger charge is 2.06. The van der Waals surface area contributed by atoms with E-state index in [-0.39, 0.29) is 0 Å². The second-order valence-corrected chi connectivity index (χ2v) is 4.12. The van der Waals surface area contributed by atoms with Gasteiger partial charge in [0.15, 0.2) is 0 Å². The first-order valence-electron chi connectivity index (χ1n) is 4.78. The fourth-order valence-electron chi connectivity index (χ4n) is 1.49. The minimum atomic E-state index is 0.489. The van der Waals surface area contributed by atoms with Gasteiger partial charge in [0.2, 0.25) is 0 Å². The molecule has 0 aliphatic rings. The maximum Gasteiger partial charge on any atom is 0.145 e. The maximum atomic E-state index is 5.56. The molecule has 2 aromatic rings. The topological polar surface area (TPSA) is 63.9 Å². The number of hydrogen-bond donors (Lipinski definition) is 2. The average Bonchev–Trinajstić information content (AvgIpc) is 2.75. The Morgan fingerprint density at radius 1 is 1.38 bits per heavy atom. The monoisotopic (exact) mass is 235 g/mol. The van der Waals surface area contributed by atoms with E-state index in [1.54, 1.807) is 24.9 Å². The van der Waals surface area contributed by atoms with Gasteiger partial charge in [-0.1, -0.05) is 6.07 Å². The normalized spacial score (nSPS) is 10.4. The third kappa shape index (κ3) is 1.99. The van der Waals surface area contributed by atoms with Crippen molar-refractivity contribution in [3.05, 3.63) is 24.3 Å². The van der Waals surface area contributed by atoms with Gasteiger partial charge in [-0.15, -0.1) is 11.8 Å². The molecule has 0 spiro atoms. The molecule has 0 unspecified atom stereocenters. The van der Waals surface area contributed by atoms with E-state index in [1.165, 1.54) is 0 Å². The van der Waals surface area contributed by atoms with Crippen LogP contribution in [0.3, 0.4) is 0 Å². The number of H-pyrrole nitrogens is 1. The molecule has 1 aromatic carbocycles. The van der Waals surface area contributed by atoms with Crippen molar-refractivity contribution >= 4 is 17.6 Å². The zero-order chi connectivity index (χ0) is 11.5. The fourth-order valence-corrected chi connectivity index (χ4v) is 2.04. The Balaban J connectivity index is 2.43. The van der Waals surface area contributed by atoms with Crippen LogP contribution in [0, 0.1) is 0 Å². The predicted molar refractivity (Wildman–Crippen MR) is 66.8 cm³/mol. The van der Waals surface area contributed by atoms with Crippen LogP contribution in [0.15, 0.2) is 29.2 Å². The van der Waals surface area contributed by atoms with E-state index in [4.69, 9.17) is 10.5 Å². The summed E-state index contributed by atoms with van der Waals surface area (Å²) < 4.78 is 5.32. The Hall–Kier alpha value is -1.62. The van der Waals surface area contributed by atoms with Gasteiger partial charge in [0, 0.05) is 16.5 Å². The van der Waals surface area contributed by atoms with Gasteiger partial charge in [-0.25, -0.2) is 0 Å². The van der Waals surface area contributed by atoms with E-state index in [1.807, 2.05) is 24.5 Å². The number of thioether (sulfide) groups is 1. The molecule has 0 aliphatic heterocycles. The maximum absolute atomic E-state index is 5.56. The van der Waals surface area contributed by atoms with Crippen molar-refractivity contribution in [2.24, 2.45) is 0 Å². The number of nitrogens with zero attached hydrogens (tertiary/aromatic N) is 1. The molecule has 84 valence electrons. The van der Waals surface area contributed by atoms with Crippen LogP contribution in [-0.4, -0.2) is 23.6 Å². The molecule has 3 N–H and O–H groups in total. The van der Waals surface area contributed by atoms with Gasteiger partial charge in [-0.05, 0) is 18.4 Å². The molecule has 4 nitrogen and oxygen atoms in total. The summed E-state index contributed by atoms with van der Waals surface area (Å²) >= 11 is 1.65. The third-order valence-electron chi connectivity index (χ3n) is 2.29. The van der Waals surface area contributed by atoms with Gasteiger partial charge in [-0.2, -0.15) is 5.10 Å². The third-order valence-corrected chi connectivity index (χ3v) is 3.07. The molecular weight excluding hydrogens is 222 g/mol. The summed E-state index contributed by atoms with van der Waals surface area (Å²) in [5, 5.41) is 6.77. The van der Waals surface area contributed by atoms with Crippen molar-refractivity contribution in [3.63, 3.8) is 0 Å². The van der Waals surface area contributed by atoms with E-state index < -0.39 is 0 Å². The molecule has 0 fully saturated rings. The Bertz CT molecular complexity index is 496. The molecule has 0 aliphatic carbocycles. The highest BCUT2D eigenvalue weighted by atomic mass is 32.2. The molecule has 1 heterocycles. The standard InChI is InChI=1S/C11H13N3OS/c1-15-9-5-7(3-4-10(9)16-2)8-6-11(12)14-13-8/h3-6H,1-2H3,(H3,12,13,14). The number of anilines is 1. The molecule has 0 bridgehead atoms. The first kappa shape index (κ1) is 10.9. The first-order valence-corrected chi connectivity index (χ1v) is 6.00. The Morgan fingerprint density at radius 3 is 2.75 bits per heavy atom. The first-order chi connectivity index (χ1) is 7.74. The molecule has 0 radical (unpaired) electrons. The summed E-state index contributed by atoms with van der Waals surface area (Å²) in [4.78, 5) is 1.11. The van der Waals surface area contributed by atoms with Crippen LogP contribution in [0.4, 0.5) is 5.82 Å². The Morgan fingerprint density at radius 2 is 2.19 bits per heavy atom. The zero-order valence-corrected chi connectivity index (χ0v) is 9.97. The molecule has 16 heavy (non-hydrogen) atoms. The van der Waals surface area contributed by atoms with Crippen LogP contribution in [-0.2, 0) is 0 Å². The Kier molecular flexibility index (Phi) is 3.05. The van der Waals surface area contributed by atoms with Gasteiger partial charge in [0.1, 0.15) is 11.6 Å². The van der Waals surface area contributed by atoms with Crippen LogP contribution >= 0.6 is 11.8 Å². The van der Waals surface area contributed by atoms with Crippen molar-refractivity contribution in [1.82, 2.24) is 10.2 Å². The lowest BCUT2D eigenvalue weighted by atomic mass is 10.1. The summed E-state index contributed by atoms with van der Waals surface area (Å²) in [5.74, 6) is 1.35. The summed E-state index contributed by atoms with van der Waals surface area (Å²) in [7, 11) is 1.67. The van der Waals surface area contributed by atoms with Crippen LogP contribution in [0.1, 0.15) is 0 Å². The minimum absolute atomic E-state index is 0.489. The highest BCUT2D eigenvalue weighted by molar-refractivity contribution is 7.98. The van der Waals surface area contributed by atoms with Crippen LogP contribution in [0.25, 0.3) is 11.3 Å². The molecule has 0 saturated carbocycles. The van der Waals surface area contributed by atoms with Gasteiger partial charge >= 0.3 is 0 Å². The Labute approximate surface area is 98.2 Å². The lowest BCUT2D eigenvalue weighted by Crippen LogP contribution is -1.87. The van der Waals surface area contributed by atoms with Crippen molar-refractivity contribution in [3.8, 4) is 17.0 Å². The van der Waals surface area contributed by atoms with E-state index in [0.29, 0.717) is 5.82 Å². The molecule has 0 atom stereocenters. The predicted octanol–water partition coefficient (Wildman–Crippen LogP) is 2.39. The lowest BCUT2D eigenvalue weighted by Gasteiger charge is -2.07. The van der Waals surface area contributed by atoms with Gasteiger partial charge in [-0.3, -0.25) is 5.10 Å². The van der Waals surface area contributed by atoms with Crippen molar-refractivity contribution in [2.45, 2.75) is 4.90 Å². The SMILES string of the molecule is COc1cc(-c2cc(N)n[nH]2)ccc1SC. The molecule has 2 rings (SSSR count). The number of nitrogens with two attached hydrogens (primary N) is 1. The number of ether oxygens (including phenoxy) is 1. The summed E-state index contributed by atoms with van der Waals surface area (Å²) in [6.07, 6.45) is 2.02. The van der Waals surface area contributed by atoms with E-state index in [2.05, 4.69) is 10.2 Å². The lowest BCUT2D eigenvalue weighted by molar-refractivity contribution is 0.405. The number of nitrogen functional groups attached to an aromatic ring is 1. The van der Waals surface area contributed by atoms with Crippen molar-refractivity contribution < 1.29 is 4.74 Å². The number of rotatable bonds is 3. The van der Waals surface area contributed by atoms with E-state index in [9.17, 15) is 0 Å². The molecular formula is C11H13N3OS. The molecule has 5 heteroatoms. The summed E-state index contributed by atoms with van der Waals surface area (Å²) in [6, 6.07) is 7.81. The number of aromatic amines is 1. The minimum Gasteiger partial charge on any atom is -0.496 e. The van der Waals surface area contributed by atoms with Crippen LogP contribution in [0.2, 0.25) is 0 Å². The number of aromatic nitrogens is 2. The zero-order valence-electron chi connectivity index (χ0n) is 9.15. The van der Waals surface area contributed by atoms with Crippen molar-refractivity contribution in [2.75, 3.05) is 19.1 Å². The number of methoxy groups -OCH3 is 1. The number of hydrogen-bond acceptors (Lipinski definition) is 4. The number of benzene rings is 1. The van der Waals surface area contributed by atoms with Gasteiger partial charge < -0.3 is 10.5 Å². The fraction of sp³-hybridized carbons (Fsp3) is 0.182. The average molecular weight is 235 g/mol. The van der Waals surface area contributed by atoms with Gasteiger partial charge in [0.25, 0.3) is 0 Å². The smallest absolute Gasteiger partial charge is 0.145 e. The summed E-state index contributed by atoms with van der Waals surface area (Å²) in [5.41, 5.74) is 7.47. The van der Waals surface area contributed by atoms with Gasteiger partial charge in [0.05, 0.1) is 12.8 Å². The molecule has 0 saturated heterocycles. The summed E-state index contributed by atoms with van der Waals surface area (Å²) in [6.45, 7) is 0. The van der Waals surface area contributed by atoms with Crippen LogP contribution < -0.4 is 10.5 Å². The number of nitrogens with one attached hydrogen (secondary N) is 1. The van der Waals surface area contributed by atoms with Crippen LogP contribution in [0.5, 0.6) is 5.75 Å². The molecule has 0 amide bonds. The second kappa shape index (κ2) is 4.49. The quantitative estimate of drug-likeness (QED) is 0.802. The van der Waals surface area contributed by atoms with E-state index >= 15 is 0 Å². The molecule has 1 aromatic heterocycles. The van der Waals surface area contributed by atoms with Crippen molar-refractivity contribution in [1.29, 1.82) is 0 Å². The highest BCUT2D eigenvalue weighted by Crippen LogP contribution is 2.31. The second-order valence-electron chi connectivity index (χ2n) is 3.28. The largest absolute Gasteiger partial charge is 0.496 e. The van der Waals surface area contributed by atoms with E-state index in [0.717, 1.165) is 21.9 Å².